The van der Waals surface area contributed by atoms with Crippen LogP contribution < -0.4 is 4.90 Å². The third kappa shape index (κ3) is 3.95. The average Bonchev–Trinajstić information content (AvgIpc) is 2.53. The molecule has 2 aromatic rings. The van der Waals surface area contributed by atoms with E-state index in [2.05, 4.69) is 21.8 Å². The lowest BCUT2D eigenvalue weighted by Gasteiger charge is -2.41. The van der Waals surface area contributed by atoms with E-state index in [1.54, 1.807) is 17.3 Å². The number of rotatable bonds is 1. The first-order chi connectivity index (χ1) is 11.7. The predicted octanol–water partition coefficient (Wildman–Crippen LogP) is 3.73. The van der Waals surface area contributed by atoms with E-state index in [0.717, 1.165) is 16.6 Å². The molecule has 1 fully saturated rings. The van der Waals surface area contributed by atoms with Gasteiger partial charge in [-0.1, -0.05) is 11.6 Å². The van der Waals surface area contributed by atoms with Crippen LogP contribution in [0, 0.1) is 0 Å². The van der Waals surface area contributed by atoms with Crippen molar-refractivity contribution in [3.8, 4) is 0 Å². The molecule has 1 saturated heterocycles. The van der Waals surface area contributed by atoms with Crippen LogP contribution in [0.1, 0.15) is 27.7 Å². The molecule has 1 amide bonds. The molecule has 0 saturated carbocycles. The molecule has 0 radical (unpaired) electrons. The zero-order valence-corrected chi connectivity index (χ0v) is 15.7. The summed E-state index contributed by atoms with van der Waals surface area (Å²) in [5, 5.41) is 2.41. The lowest BCUT2D eigenvalue weighted by atomic mass is 10.1. The second kappa shape index (κ2) is 6.67. The van der Waals surface area contributed by atoms with Crippen molar-refractivity contribution in [3.63, 3.8) is 0 Å². The van der Waals surface area contributed by atoms with E-state index in [-0.39, 0.29) is 12.1 Å². The van der Waals surface area contributed by atoms with Gasteiger partial charge in [0.25, 0.3) is 0 Å². The topological polar surface area (TPSA) is 58.6 Å². The van der Waals surface area contributed by atoms with Crippen molar-refractivity contribution in [3.05, 3.63) is 29.7 Å². The third-order valence-electron chi connectivity index (χ3n) is 4.14. The summed E-state index contributed by atoms with van der Waals surface area (Å²) >= 11 is 6.07. The molecule has 25 heavy (non-hydrogen) atoms. The fourth-order valence-electron chi connectivity index (χ4n) is 3.02. The molecule has 0 aliphatic carbocycles. The van der Waals surface area contributed by atoms with Gasteiger partial charge in [0, 0.05) is 48.8 Å². The SMILES string of the molecule is C[C@H]1CN(C(=O)OC(C)(C)C)CCN1c1nccc2cnc(Cl)cc12. The Kier molecular flexibility index (Phi) is 4.73. The van der Waals surface area contributed by atoms with Crippen LogP contribution in [0.25, 0.3) is 10.8 Å². The highest BCUT2D eigenvalue weighted by Crippen LogP contribution is 2.28. The summed E-state index contributed by atoms with van der Waals surface area (Å²) in [6.07, 6.45) is 3.27. The van der Waals surface area contributed by atoms with Crippen LogP contribution in [-0.2, 0) is 4.74 Å². The predicted molar refractivity (Wildman–Crippen MR) is 99.2 cm³/mol. The van der Waals surface area contributed by atoms with Crippen molar-refractivity contribution < 1.29 is 9.53 Å². The minimum atomic E-state index is -0.488. The number of pyridine rings is 2. The number of hydrogen-bond donors (Lipinski definition) is 0. The molecule has 2 aromatic heterocycles. The van der Waals surface area contributed by atoms with E-state index in [1.165, 1.54) is 0 Å². The maximum Gasteiger partial charge on any atom is 0.410 e. The van der Waals surface area contributed by atoms with Gasteiger partial charge in [-0.25, -0.2) is 14.8 Å². The molecule has 7 heteroatoms. The van der Waals surface area contributed by atoms with E-state index >= 15 is 0 Å². The summed E-state index contributed by atoms with van der Waals surface area (Å²) in [6.45, 7) is 9.58. The molecule has 0 spiro atoms. The normalized spacial score (nSPS) is 18.5. The highest BCUT2D eigenvalue weighted by Gasteiger charge is 2.31. The number of anilines is 1. The van der Waals surface area contributed by atoms with Gasteiger partial charge in [0.15, 0.2) is 0 Å². The van der Waals surface area contributed by atoms with E-state index < -0.39 is 5.60 Å². The fourth-order valence-corrected chi connectivity index (χ4v) is 3.18. The second-order valence-corrected chi connectivity index (χ2v) is 7.72. The first-order valence-electron chi connectivity index (χ1n) is 8.39. The van der Waals surface area contributed by atoms with E-state index in [9.17, 15) is 4.79 Å². The Bertz CT molecular complexity index is 790. The van der Waals surface area contributed by atoms with Crippen molar-refractivity contribution in [2.45, 2.75) is 39.3 Å². The number of carbonyl (C=O) groups is 1. The smallest absolute Gasteiger partial charge is 0.410 e. The molecule has 3 heterocycles. The Morgan fingerprint density at radius 3 is 2.76 bits per heavy atom. The Balaban J connectivity index is 1.81. The van der Waals surface area contributed by atoms with Crippen molar-refractivity contribution in [1.29, 1.82) is 0 Å². The third-order valence-corrected chi connectivity index (χ3v) is 4.35. The highest BCUT2D eigenvalue weighted by atomic mass is 35.5. The van der Waals surface area contributed by atoms with Gasteiger partial charge < -0.3 is 14.5 Å². The van der Waals surface area contributed by atoms with Crippen LogP contribution >= 0.6 is 11.6 Å². The molecule has 6 nitrogen and oxygen atoms in total. The summed E-state index contributed by atoms with van der Waals surface area (Å²) in [7, 11) is 0. The fraction of sp³-hybridized carbons (Fsp3) is 0.500. The lowest BCUT2D eigenvalue weighted by molar-refractivity contribution is 0.0218. The number of fused-ring (bicyclic) bond motifs is 1. The number of amides is 1. The molecule has 0 bridgehead atoms. The van der Waals surface area contributed by atoms with Gasteiger partial charge in [-0.15, -0.1) is 0 Å². The molecule has 134 valence electrons. The lowest BCUT2D eigenvalue weighted by Crippen LogP contribution is -2.54. The van der Waals surface area contributed by atoms with Crippen molar-refractivity contribution in [2.75, 3.05) is 24.5 Å². The molecule has 0 aromatic carbocycles. The van der Waals surface area contributed by atoms with Gasteiger partial charge in [0.05, 0.1) is 0 Å². The van der Waals surface area contributed by atoms with Crippen LogP contribution in [0.4, 0.5) is 10.6 Å². The molecule has 0 unspecified atom stereocenters. The number of piperazine rings is 1. The summed E-state index contributed by atoms with van der Waals surface area (Å²) in [4.78, 5) is 25.0. The Hall–Kier alpha value is -2.08. The van der Waals surface area contributed by atoms with Crippen LogP contribution in [-0.4, -0.2) is 52.2 Å². The van der Waals surface area contributed by atoms with Gasteiger partial charge in [-0.05, 0) is 39.8 Å². The first kappa shape index (κ1) is 17.7. The Labute approximate surface area is 152 Å². The van der Waals surface area contributed by atoms with Crippen LogP contribution in [0.3, 0.4) is 0 Å². The molecule has 1 aliphatic rings. The van der Waals surface area contributed by atoms with Gasteiger partial charge >= 0.3 is 6.09 Å². The summed E-state index contributed by atoms with van der Waals surface area (Å²) in [6, 6.07) is 3.88. The monoisotopic (exact) mass is 362 g/mol. The number of nitrogens with zero attached hydrogens (tertiary/aromatic N) is 4. The van der Waals surface area contributed by atoms with Gasteiger partial charge in [0.2, 0.25) is 0 Å². The second-order valence-electron chi connectivity index (χ2n) is 7.33. The standard InChI is InChI=1S/C18H23ClN4O2/c1-12-11-22(17(24)25-18(2,3)4)7-8-23(12)16-14-9-15(19)21-10-13(14)5-6-20-16/h5-6,9-10,12H,7-8,11H2,1-4H3/t12-/m0/s1. The quantitative estimate of drug-likeness (QED) is 0.723. The molecule has 1 atom stereocenters. The maximum absolute atomic E-state index is 12.3. The van der Waals surface area contributed by atoms with Gasteiger partial charge in [0.1, 0.15) is 16.6 Å². The summed E-state index contributed by atoms with van der Waals surface area (Å²) in [5.74, 6) is 0.873. The minimum absolute atomic E-state index is 0.117. The van der Waals surface area contributed by atoms with E-state index in [0.29, 0.717) is 24.8 Å². The molecule has 1 aliphatic heterocycles. The van der Waals surface area contributed by atoms with Crippen LogP contribution in [0.2, 0.25) is 5.15 Å². The van der Waals surface area contributed by atoms with Crippen molar-refractivity contribution >= 4 is 34.3 Å². The summed E-state index contributed by atoms with van der Waals surface area (Å²) in [5.41, 5.74) is -0.488. The van der Waals surface area contributed by atoms with Crippen LogP contribution in [0.5, 0.6) is 0 Å². The molecular weight excluding hydrogens is 340 g/mol. The van der Waals surface area contributed by atoms with E-state index in [1.807, 2.05) is 32.9 Å². The average molecular weight is 363 g/mol. The zero-order chi connectivity index (χ0) is 18.2. The maximum atomic E-state index is 12.3. The Morgan fingerprint density at radius 2 is 2.08 bits per heavy atom. The van der Waals surface area contributed by atoms with Crippen molar-refractivity contribution in [2.24, 2.45) is 0 Å². The van der Waals surface area contributed by atoms with Gasteiger partial charge in [-0.3, -0.25) is 0 Å². The largest absolute Gasteiger partial charge is 0.444 e. The highest BCUT2D eigenvalue weighted by molar-refractivity contribution is 6.30. The molecule has 0 N–H and O–H groups in total. The Morgan fingerprint density at radius 1 is 1.32 bits per heavy atom. The molecular formula is C18H23ClN4O2. The molecule has 3 rings (SSSR count). The number of ether oxygens (including phenoxy) is 1. The van der Waals surface area contributed by atoms with E-state index in [4.69, 9.17) is 16.3 Å². The van der Waals surface area contributed by atoms with Gasteiger partial charge in [-0.2, -0.15) is 0 Å². The number of aromatic nitrogens is 2. The minimum Gasteiger partial charge on any atom is -0.444 e. The first-order valence-corrected chi connectivity index (χ1v) is 8.77. The number of hydrogen-bond acceptors (Lipinski definition) is 5. The summed E-state index contributed by atoms with van der Waals surface area (Å²) < 4.78 is 5.48. The zero-order valence-electron chi connectivity index (χ0n) is 15.0. The van der Waals surface area contributed by atoms with Crippen LogP contribution in [0.15, 0.2) is 24.5 Å². The van der Waals surface area contributed by atoms with Crippen molar-refractivity contribution in [1.82, 2.24) is 14.9 Å². The number of carbonyl (C=O) groups excluding carboxylic acids is 1. The number of halogens is 1.